The van der Waals surface area contributed by atoms with E-state index in [1.807, 2.05) is 0 Å². The number of phenols is 2. The Bertz CT molecular complexity index is 388. The van der Waals surface area contributed by atoms with Crippen molar-refractivity contribution in [3.05, 3.63) is 16.7 Å². The molecule has 14 heavy (non-hydrogen) atoms. The van der Waals surface area contributed by atoms with Crippen LogP contribution in [0, 0.1) is 0 Å². The fraction of sp³-hybridized carbons (Fsp3) is 0.125. The average Bonchev–Trinajstić information content (AvgIpc) is 2.11. The summed E-state index contributed by atoms with van der Waals surface area (Å²) in [4.78, 5) is 10.7. The third kappa shape index (κ3) is 1.54. The van der Waals surface area contributed by atoms with Crippen LogP contribution >= 0.6 is 11.6 Å². The lowest BCUT2D eigenvalue weighted by molar-refractivity contribution is 0.0692. The van der Waals surface area contributed by atoms with Crippen molar-refractivity contribution in [3.63, 3.8) is 0 Å². The van der Waals surface area contributed by atoms with Gasteiger partial charge in [-0.1, -0.05) is 11.6 Å². The highest BCUT2D eigenvalue weighted by molar-refractivity contribution is 6.35. The molecule has 0 atom stereocenters. The number of aromatic hydroxyl groups is 2. The Morgan fingerprint density at radius 1 is 1.50 bits per heavy atom. The number of halogens is 1. The number of phenolic OH excluding ortho intramolecular Hbond substituents is 1. The van der Waals surface area contributed by atoms with E-state index < -0.39 is 28.1 Å². The largest absolute Gasteiger partial charge is 0.506 e. The number of methoxy groups -OCH3 is 1. The maximum absolute atomic E-state index is 10.7. The molecule has 3 N–H and O–H groups in total. The molecule has 0 aliphatic rings. The zero-order chi connectivity index (χ0) is 10.9. The van der Waals surface area contributed by atoms with Crippen molar-refractivity contribution >= 4 is 17.6 Å². The topological polar surface area (TPSA) is 87.0 Å². The number of hydrogen-bond donors (Lipinski definition) is 3. The molecule has 0 aromatic heterocycles. The first-order valence-corrected chi connectivity index (χ1v) is 3.88. The molecule has 0 bridgehead atoms. The van der Waals surface area contributed by atoms with Gasteiger partial charge < -0.3 is 20.1 Å². The molecule has 0 spiro atoms. The summed E-state index contributed by atoms with van der Waals surface area (Å²) in [5, 5.41) is 26.8. The number of ether oxygens (including phenoxy) is 1. The van der Waals surface area contributed by atoms with E-state index in [2.05, 4.69) is 4.74 Å². The zero-order valence-electron chi connectivity index (χ0n) is 7.11. The normalized spacial score (nSPS) is 9.86. The Kier molecular flexibility index (Phi) is 2.71. The molecule has 0 unspecified atom stereocenters. The number of carboxylic acid groups (broad SMARTS) is 1. The van der Waals surface area contributed by atoms with E-state index >= 15 is 0 Å². The summed E-state index contributed by atoms with van der Waals surface area (Å²) in [6, 6.07) is 1.03. The predicted octanol–water partition coefficient (Wildman–Crippen LogP) is 1.46. The van der Waals surface area contributed by atoms with Gasteiger partial charge in [0.05, 0.1) is 7.11 Å². The van der Waals surface area contributed by atoms with Crippen LogP contribution in [0.1, 0.15) is 10.4 Å². The number of aromatic carboxylic acids is 1. The van der Waals surface area contributed by atoms with E-state index in [1.54, 1.807) is 0 Å². The molecular formula is C8H7ClO5. The van der Waals surface area contributed by atoms with Crippen molar-refractivity contribution in [2.24, 2.45) is 0 Å². The second-order valence-electron chi connectivity index (χ2n) is 2.44. The Morgan fingerprint density at radius 3 is 2.50 bits per heavy atom. The van der Waals surface area contributed by atoms with E-state index in [0.29, 0.717) is 0 Å². The Balaban J connectivity index is 3.53. The number of benzene rings is 1. The molecule has 6 heteroatoms. The quantitative estimate of drug-likeness (QED) is 0.654. The lowest BCUT2D eigenvalue weighted by Crippen LogP contribution is -2.00. The minimum absolute atomic E-state index is 0.149. The molecule has 0 aliphatic heterocycles. The van der Waals surface area contributed by atoms with Crippen LogP contribution in [-0.4, -0.2) is 28.4 Å². The van der Waals surface area contributed by atoms with E-state index in [1.165, 1.54) is 7.11 Å². The summed E-state index contributed by atoms with van der Waals surface area (Å²) in [7, 11) is 1.23. The molecule has 5 nitrogen and oxygen atoms in total. The van der Waals surface area contributed by atoms with Gasteiger partial charge in [-0.2, -0.15) is 0 Å². The maximum atomic E-state index is 10.7. The van der Waals surface area contributed by atoms with Gasteiger partial charge in [-0.3, -0.25) is 0 Å². The monoisotopic (exact) mass is 218 g/mol. The highest BCUT2D eigenvalue weighted by Gasteiger charge is 2.21. The fourth-order valence-electron chi connectivity index (χ4n) is 0.962. The van der Waals surface area contributed by atoms with Gasteiger partial charge in [0.2, 0.25) is 0 Å². The Hall–Kier alpha value is -1.62. The SMILES string of the molecule is COc1cc(O)c(Cl)c(C(=O)O)c1O. The molecule has 0 heterocycles. The van der Waals surface area contributed by atoms with Crippen molar-refractivity contribution in [2.45, 2.75) is 0 Å². The smallest absolute Gasteiger partial charge is 0.341 e. The van der Waals surface area contributed by atoms with Gasteiger partial charge in [0.1, 0.15) is 16.3 Å². The van der Waals surface area contributed by atoms with Crippen molar-refractivity contribution in [1.29, 1.82) is 0 Å². The first kappa shape index (κ1) is 10.5. The summed E-state index contributed by atoms with van der Waals surface area (Å²) < 4.78 is 4.64. The highest BCUT2D eigenvalue weighted by atomic mass is 35.5. The van der Waals surface area contributed by atoms with E-state index in [0.717, 1.165) is 6.07 Å². The van der Waals surface area contributed by atoms with Crippen LogP contribution in [0.3, 0.4) is 0 Å². The number of carbonyl (C=O) groups is 1. The molecular weight excluding hydrogens is 212 g/mol. The number of carboxylic acids is 1. The van der Waals surface area contributed by atoms with Crippen molar-refractivity contribution in [1.82, 2.24) is 0 Å². The third-order valence-electron chi connectivity index (χ3n) is 1.62. The molecule has 0 radical (unpaired) electrons. The lowest BCUT2D eigenvalue weighted by Gasteiger charge is -2.08. The van der Waals surface area contributed by atoms with Crippen LogP contribution in [0.4, 0.5) is 0 Å². The Morgan fingerprint density at radius 2 is 2.07 bits per heavy atom. The van der Waals surface area contributed by atoms with Gasteiger partial charge in [0, 0.05) is 6.07 Å². The van der Waals surface area contributed by atoms with Gasteiger partial charge >= 0.3 is 5.97 Å². The summed E-state index contributed by atoms with van der Waals surface area (Å²) in [6.07, 6.45) is 0. The first-order valence-electron chi connectivity index (χ1n) is 3.50. The summed E-state index contributed by atoms with van der Waals surface area (Å²) in [6.45, 7) is 0. The van der Waals surface area contributed by atoms with Gasteiger partial charge in [-0.15, -0.1) is 0 Å². The summed E-state index contributed by atoms with van der Waals surface area (Å²) in [5.74, 6) is -2.66. The van der Waals surface area contributed by atoms with Crippen LogP contribution in [0.2, 0.25) is 5.02 Å². The van der Waals surface area contributed by atoms with Gasteiger partial charge in [-0.25, -0.2) is 4.79 Å². The standard InChI is InChI=1S/C8H7ClO5/c1-14-4-2-3(10)6(9)5(7(4)11)8(12)13/h2,10-11H,1H3,(H,12,13). The van der Waals surface area contributed by atoms with Crippen LogP contribution in [0.5, 0.6) is 17.2 Å². The van der Waals surface area contributed by atoms with E-state index in [9.17, 15) is 15.0 Å². The molecule has 0 saturated heterocycles. The predicted molar refractivity (Wildman–Crippen MR) is 48.3 cm³/mol. The molecule has 1 aromatic carbocycles. The average molecular weight is 219 g/mol. The van der Waals surface area contributed by atoms with Crippen LogP contribution in [0.25, 0.3) is 0 Å². The minimum Gasteiger partial charge on any atom is -0.506 e. The molecule has 0 saturated carbocycles. The fourth-order valence-corrected chi connectivity index (χ4v) is 1.19. The molecule has 0 fully saturated rings. The minimum atomic E-state index is -1.44. The van der Waals surface area contributed by atoms with Crippen LogP contribution in [0.15, 0.2) is 6.07 Å². The summed E-state index contributed by atoms with van der Waals surface area (Å²) in [5.41, 5.74) is -0.580. The first-order chi connectivity index (χ1) is 6.49. The zero-order valence-corrected chi connectivity index (χ0v) is 7.87. The molecule has 0 aliphatic carbocycles. The van der Waals surface area contributed by atoms with Gasteiger partial charge in [-0.05, 0) is 0 Å². The van der Waals surface area contributed by atoms with Gasteiger partial charge in [0.25, 0.3) is 0 Å². The second-order valence-corrected chi connectivity index (χ2v) is 2.82. The maximum Gasteiger partial charge on any atom is 0.341 e. The highest BCUT2D eigenvalue weighted by Crippen LogP contribution is 2.40. The third-order valence-corrected chi connectivity index (χ3v) is 2.00. The van der Waals surface area contributed by atoms with E-state index in [4.69, 9.17) is 16.7 Å². The van der Waals surface area contributed by atoms with E-state index in [-0.39, 0.29) is 5.75 Å². The number of hydrogen-bond acceptors (Lipinski definition) is 4. The van der Waals surface area contributed by atoms with Crippen molar-refractivity contribution < 1.29 is 24.9 Å². The van der Waals surface area contributed by atoms with Crippen molar-refractivity contribution in [3.8, 4) is 17.2 Å². The van der Waals surface area contributed by atoms with Gasteiger partial charge in [0.15, 0.2) is 11.5 Å². The number of rotatable bonds is 2. The molecule has 1 aromatic rings. The molecule has 1 rings (SSSR count). The lowest BCUT2D eigenvalue weighted by atomic mass is 10.1. The summed E-state index contributed by atoms with van der Waals surface area (Å²) >= 11 is 5.48. The van der Waals surface area contributed by atoms with Crippen LogP contribution < -0.4 is 4.74 Å². The Labute approximate surface area is 84.1 Å². The molecule has 76 valence electrons. The second kappa shape index (κ2) is 3.63. The van der Waals surface area contributed by atoms with Crippen molar-refractivity contribution in [2.75, 3.05) is 7.11 Å². The molecule has 0 amide bonds. The van der Waals surface area contributed by atoms with Crippen LogP contribution in [-0.2, 0) is 0 Å².